The van der Waals surface area contributed by atoms with Crippen molar-refractivity contribution >= 4 is 37.7 Å². The van der Waals surface area contributed by atoms with E-state index < -0.39 is 0 Å². The maximum absolute atomic E-state index is 5.31. The van der Waals surface area contributed by atoms with Crippen molar-refractivity contribution < 1.29 is 4.74 Å². The van der Waals surface area contributed by atoms with Crippen LogP contribution >= 0.6 is 31.9 Å². The van der Waals surface area contributed by atoms with Crippen LogP contribution in [0, 0.1) is 0 Å². The first-order valence-electron chi connectivity index (χ1n) is 4.55. The number of halogens is 2. The highest BCUT2D eigenvalue weighted by molar-refractivity contribution is 9.11. The normalized spacial score (nSPS) is 11.5. The summed E-state index contributed by atoms with van der Waals surface area (Å²) in [6.07, 6.45) is 1.76. The molecule has 0 radical (unpaired) electrons. The van der Waals surface area contributed by atoms with Crippen molar-refractivity contribution in [2.75, 3.05) is 19.0 Å². The van der Waals surface area contributed by atoms with E-state index in [2.05, 4.69) is 42.2 Å². The second kappa shape index (κ2) is 5.27. The van der Waals surface area contributed by atoms with Gasteiger partial charge in [0.15, 0.2) is 0 Å². The Morgan fingerprint density at radius 1 is 1.47 bits per heavy atom. The fourth-order valence-electron chi connectivity index (χ4n) is 0.913. The molecule has 0 aliphatic heterocycles. The van der Waals surface area contributed by atoms with Crippen molar-refractivity contribution in [2.24, 2.45) is 0 Å². The molecule has 0 bridgehead atoms. The lowest BCUT2D eigenvalue weighted by molar-refractivity contribution is 0.0343. The highest BCUT2D eigenvalue weighted by Gasteiger charge is 2.16. The lowest BCUT2D eigenvalue weighted by atomic mass is 10.1. The molecule has 1 heterocycles. The van der Waals surface area contributed by atoms with Gasteiger partial charge in [-0.3, -0.25) is 0 Å². The summed E-state index contributed by atoms with van der Waals surface area (Å²) in [5.74, 6) is 0.823. The van der Waals surface area contributed by atoms with Gasteiger partial charge in [0.2, 0.25) is 0 Å². The van der Waals surface area contributed by atoms with Crippen molar-refractivity contribution in [3.63, 3.8) is 0 Å². The number of aromatic nitrogens is 1. The molecule has 1 rings (SSSR count). The van der Waals surface area contributed by atoms with Gasteiger partial charge in [-0.1, -0.05) is 0 Å². The van der Waals surface area contributed by atoms with Crippen LogP contribution in [0.25, 0.3) is 0 Å². The minimum absolute atomic E-state index is 0.200. The predicted molar refractivity (Wildman–Crippen MR) is 69.2 cm³/mol. The zero-order valence-corrected chi connectivity index (χ0v) is 12.1. The van der Waals surface area contributed by atoms with E-state index in [1.165, 1.54) is 0 Å². The summed E-state index contributed by atoms with van der Waals surface area (Å²) in [5.41, 5.74) is -0.200. The van der Waals surface area contributed by atoms with E-state index >= 15 is 0 Å². The summed E-state index contributed by atoms with van der Waals surface area (Å²) in [7, 11) is 1.70. The average molecular weight is 338 g/mol. The Morgan fingerprint density at radius 3 is 2.67 bits per heavy atom. The molecular formula is C10H14Br2N2O. The van der Waals surface area contributed by atoms with Crippen molar-refractivity contribution in [3.8, 4) is 0 Å². The van der Waals surface area contributed by atoms with Crippen LogP contribution in [-0.4, -0.2) is 24.2 Å². The van der Waals surface area contributed by atoms with Gasteiger partial charge in [0, 0.05) is 24.3 Å². The first-order valence-corrected chi connectivity index (χ1v) is 6.13. The van der Waals surface area contributed by atoms with Crippen molar-refractivity contribution in [3.05, 3.63) is 21.2 Å². The van der Waals surface area contributed by atoms with Gasteiger partial charge >= 0.3 is 0 Å². The number of rotatable bonds is 4. The van der Waals surface area contributed by atoms with E-state index in [4.69, 9.17) is 4.74 Å². The monoisotopic (exact) mass is 336 g/mol. The van der Waals surface area contributed by atoms with Crippen molar-refractivity contribution in [2.45, 2.75) is 19.4 Å². The molecule has 0 aromatic carbocycles. The number of methoxy groups -OCH3 is 1. The van der Waals surface area contributed by atoms with Crippen molar-refractivity contribution in [1.29, 1.82) is 0 Å². The Morgan fingerprint density at radius 2 is 2.13 bits per heavy atom. The molecule has 0 fully saturated rings. The molecule has 1 N–H and O–H groups in total. The molecule has 15 heavy (non-hydrogen) atoms. The van der Waals surface area contributed by atoms with Gasteiger partial charge < -0.3 is 10.1 Å². The molecule has 84 valence electrons. The molecule has 0 aliphatic rings. The second-order valence-electron chi connectivity index (χ2n) is 3.80. The van der Waals surface area contributed by atoms with Gasteiger partial charge in [0.25, 0.3) is 0 Å². The van der Waals surface area contributed by atoms with Crippen LogP contribution in [0.3, 0.4) is 0 Å². The molecule has 0 aliphatic carbocycles. The molecule has 0 amide bonds. The zero-order valence-electron chi connectivity index (χ0n) is 8.97. The van der Waals surface area contributed by atoms with E-state index in [1.807, 2.05) is 19.9 Å². The Bertz CT molecular complexity index is 342. The molecular weight excluding hydrogens is 324 g/mol. The summed E-state index contributed by atoms with van der Waals surface area (Å²) in [4.78, 5) is 4.25. The Labute approximate surface area is 107 Å². The molecule has 5 heteroatoms. The van der Waals surface area contributed by atoms with Gasteiger partial charge in [-0.25, -0.2) is 4.98 Å². The highest BCUT2D eigenvalue weighted by atomic mass is 79.9. The number of anilines is 1. The van der Waals surface area contributed by atoms with Gasteiger partial charge in [0.05, 0.1) is 10.1 Å². The summed E-state index contributed by atoms with van der Waals surface area (Å²) < 4.78 is 7.19. The summed E-state index contributed by atoms with van der Waals surface area (Å²) in [6.45, 7) is 4.75. The Hall–Kier alpha value is -0.130. The first kappa shape index (κ1) is 12.9. The number of nitrogens with one attached hydrogen (secondary N) is 1. The van der Waals surface area contributed by atoms with Gasteiger partial charge in [-0.05, 0) is 51.8 Å². The van der Waals surface area contributed by atoms with E-state index in [1.54, 1.807) is 13.3 Å². The van der Waals surface area contributed by atoms with E-state index in [-0.39, 0.29) is 5.60 Å². The van der Waals surface area contributed by atoms with Gasteiger partial charge in [0.1, 0.15) is 5.82 Å². The number of nitrogens with zero attached hydrogens (tertiary/aromatic N) is 1. The smallest absolute Gasteiger partial charge is 0.140 e. The number of hydrogen-bond donors (Lipinski definition) is 1. The lowest BCUT2D eigenvalue weighted by Gasteiger charge is -2.23. The molecule has 0 saturated heterocycles. The van der Waals surface area contributed by atoms with Gasteiger partial charge in [-0.15, -0.1) is 0 Å². The minimum atomic E-state index is -0.200. The minimum Gasteiger partial charge on any atom is -0.377 e. The number of ether oxygens (including phenoxy) is 1. The molecule has 0 spiro atoms. The summed E-state index contributed by atoms with van der Waals surface area (Å²) in [6, 6.07) is 1.95. The third-order valence-electron chi connectivity index (χ3n) is 2.04. The number of hydrogen-bond acceptors (Lipinski definition) is 3. The molecule has 0 unspecified atom stereocenters. The third kappa shape index (κ3) is 4.09. The Kier molecular flexibility index (Phi) is 4.55. The standard InChI is InChI=1S/C10H14Br2N2O/c1-10(2,15-3)6-14-9-8(12)4-7(11)5-13-9/h4-5H,6H2,1-3H3,(H,13,14). The van der Waals surface area contributed by atoms with Crippen LogP contribution in [0.1, 0.15) is 13.8 Å². The fraction of sp³-hybridized carbons (Fsp3) is 0.500. The largest absolute Gasteiger partial charge is 0.377 e. The van der Waals surface area contributed by atoms with Crippen LogP contribution in [-0.2, 0) is 4.74 Å². The molecule has 0 atom stereocenters. The zero-order chi connectivity index (χ0) is 11.5. The summed E-state index contributed by atoms with van der Waals surface area (Å²) in [5, 5.41) is 3.23. The Balaban J connectivity index is 2.66. The SMILES string of the molecule is COC(C)(C)CNc1ncc(Br)cc1Br. The first-order chi connectivity index (χ1) is 6.94. The molecule has 3 nitrogen and oxygen atoms in total. The van der Waals surface area contributed by atoms with E-state index in [0.717, 1.165) is 14.8 Å². The maximum Gasteiger partial charge on any atom is 0.140 e. The molecule has 0 saturated carbocycles. The second-order valence-corrected chi connectivity index (χ2v) is 5.57. The van der Waals surface area contributed by atoms with Gasteiger partial charge in [-0.2, -0.15) is 0 Å². The molecule has 1 aromatic rings. The fourth-order valence-corrected chi connectivity index (χ4v) is 2.04. The lowest BCUT2D eigenvalue weighted by Crippen LogP contribution is -2.32. The van der Waals surface area contributed by atoms with Crippen LogP contribution < -0.4 is 5.32 Å². The van der Waals surface area contributed by atoms with Crippen LogP contribution in [0.5, 0.6) is 0 Å². The predicted octanol–water partition coefficient (Wildman–Crippen LogP) is 3.44. The van der Waals surface area contributed by atoms with Crippen LogP contribution in [0.4, 0.5) is 5.82 Å². The maximum atomic E-state index is 5.31. The number of pyridine rings is 1. The van der Waals surface area contributed by atoms with Crippen LogP contribution in [0.15, 0.2) is 21.2 Å². The van der Waals surface area contributed by atoms with E-state index in [9.17, 15) is 0 Å². The molecule has 1 aromatic heterocycles. The topological polar surface area (TPSA) is 34.1 Å². The van der Waals surface area contributed by atoms with Crippen molar-refractivity contribution in [1.82, 2.24) is 4.98 Å². The quantitative estimate of drug-likeness (QED) is 0.913. The van der Waals surface area contributed by atoms with E-state index in [0.29, 0.717) is 6.54 Å². The van der Waals surface area contributed by atoms with Crippen LogP contribution in [0.2, 0.25) is 0 Å². The highest BCUT2D eigenvalue weighted by Crippen LogP contribution is 2.24. The third-order valence-corrected chi connectivity index (χ3v) is 3.08. The average Bonchev–Trinajstić information content (AvgIpc) is 2.16. The summed E-state index contributed by atoms with van der Waals surface area (Å²) >= 11 is 6.80.